The molecule has 4 nitrogen and oxygen atoms in total. The lowest BCUT2D eigenvalue weighted by molar-refractivity contribution is 1.24. The van der Waals surface area contributed by atoms with Crippen molar-refractivity contribution in [1.82, 2.24) is 19.4 Å². The summed E-state index contributed by atoms with van der Waals surface area (Å²) in [6, 6.07) is 24.6. The molecule has 7 aromatic rings. The predicted octanol–water partition coefficient (Wildman–Crippen LogP) is 6.73. The molecular weight excluding hydrogens is 428 g/mol. The van der Waals surface area contributed by atoms with E-state index in [1.165, 1.54) is 44.5 Å². The predicted molar refractivity (Wildman–Crippen MR) is 140 cm³/mol. The third-order valence-corrected chi connectivity index (χ3v) is 7.91. The number of benzene rings is 3. The largest absolute Gasteiger partial charge is 0.290 e. The van der Waals surface area contributed by atoms with Gasteiger partial charge in [0.1, 0.15) is 11.2 Å². The van der Waals surface area contributed by atoms with Gasteiger partial charge in [-0.3, -0.25) is 14.4 Å². The Hall–Kier alpha value is -4.57. The third kappa shape index (κ3) is 2.20. The van der Waals surface area contributed by atoms with Crippen LogP contribution in [0, 0.1) is 0 Å². The van der Waals surface area contributed by atoms with E-state index in [1.54, 1.807) is 0 Å². The van der Waals surface area contributed by atoms with Crippen molar-refractivity contribution in [3.63, 3.8) is 0 Å². The molecule has 0 saturated carbocycles. The fraction of sp³-hybridized carbons (Fsp3) is 0.0645. The standard InChI is InChI=1S/C31H18N4/c1-2-5-21-17(4-1)10-18-13-23-19(12-22(18)21)11-20-14-26-25(15-24(20)23)30-29(6-3-8-33-30)35-28-7-9-32-16-27(28)34-31(26)35/h1-9,12-16H,10-11H2. The highest BCUT2D eigenvalue weighted by Gasteiger charge is 2.26. The first-order chi connectivity index (χ1) is 17.3. The molecule has 0 bridgehead atoms. The van der Waals surface area contributed by atoms with E-state index in [4.69, 9.17) is 9.97 Å². The molecule has 0 spiro atoms. The highest BCUT2D eigenvalue weighted by atomic mass is 15.0. The van der Waals surface area contributed by atoms with Crippen LogP contribution in [-0.4, -0.2) is 19.4 Å². The lowest BCUT2D eigenvalue weighted by Gasteiger charge is -2.11. The van der Waals surface area contributed by atoms with Gasteiger partial charge in [0.05, 0.1) is 22.7 Å². The van der Waals surface area contributed by atoms with E-state index in [-0.39, 0.29) is 0 Å². The van der Waals surface area contributed by atoms with Gasteiger partial charge in [-0.1, -0.05) is 24.3 Å². The summed E-state index contributed by atoms with van der Waals surface area (Å²) in [4.78, 5) is 14.2. The highest BCUT2D eigenvalue weighted by molar-refractivity contribution is 6.14. The van der Waals surface area contributed by atoms with Crippen LogP contribution in [0.2, 0.25) is 0 Å². The van der Waals surface area contributed by atoms with Crippen molar-refractivity contribution < 1.29 is 0 Å². The number of imidazole rings is 1. The molecule has 0 atom stereocenters. The molecule has 162 valence electrons. The first-order valence-corrected chi connectivity index (χ1v) is 12.0. The average molecular weight is 447 g/mol. The Morgan fingerprint density at radius 1 is 0.629 bits per heavy atom. The van der Waals surface area contributed by atoms with Gasteiger partial charge in [0.15, 0.2) is 0 Å². The minimum atomic E-state index is 0.907. The summed E-state index contributed by atoms with van der Waals surface area (Å²) in [7, 11) is 0. The van der Waals surface area contributed by atoms with Crippen molar-refractivity contribution in [2.24, 2.45) is 0 Å². The van der Waals surface area contributed by atoms with Crippen molar-refractivity contribution >= 4 is 38.5 Å². The van der Waals surface area contributed by atoms with Gasteiger partial charge >= 0.3 is 0 Å². The molecule has 0 radical (unpaired) electrons. The first kappa shape index (κ1) is 17.8. The molecule has 0 saturated heterocycles. The molecule has 4 heterocycles. The number of nitrogens with zero attached hydrogens (tertiary/aromatic N) is 4. The van der Waals surface area contributed by atoms with Crippen LogP contribution in [0.15, 0.2) is 85.3 Å². The average Bonchev–Trinajstić information content (AvgIpc) is 3.57. The van der Waals surface area contributed by atoms with Gasteiger partial charge in [-0.05, 0) is 99.8 Å². The second kappa shape index (κ2) is 6.10. The molecule has 2 aliphatic carbocycles. The molecule has 9 rings (SSSR count). The summed E-state index contributed by atoms with van der Waals surface area (Å²) in [5, 5.41) is 2.31. The fourth-order valence-electron chi connectivity index (χ4n) is 6.39. The van der Waals surface area contributed by atoms with Crippen molar-refractivity contribution in [2.75, 3.05) is 0 Å². The summed E-state index contributed by atoms with van der Waals surface area (Å²) in [6.45, 7) is 0. The van der Waals surface area contributed by atoms with Crippen LogP contribution in [0.4, 0.5) is 0 Å². The zero-order chi connectivity index (χ0) is 22.7. The Bertz CT molecular complexity index is 2070. The molecule has 0 aliphatic heterocycles. The van der Waals surface area contributed by atoms with Gasteiger partial charge in [0.25, 0.3) is 0 Å². The van der Waals surface area contributed by atoms with Crippen LogP contribution < -0.4 is 0 Å². The maximum Gasteiger partial charge on any atom is 0.146 e. The monoisotopic (exact) mass is 446 g/mol. The number of hydrogen-bond acceptors (Lipinski definition) is 3. The maximum absolute atomic E-state index is 5.02. The molecule has 3 aromatic carbocycles. The van der Waals surface area contributed by atoms with Crippen LogP contribution in [0.3, 0.4) is 0 Å². The molecular formula is C31H18N4. The van der Waals surface area contributed by atoms with Gasteiger partial charge in [0.2, 0.25) is 0 Å². The molecule has 4 aromatic heterocycles. The van der Waals surface area contributed by atoms with Gasteiger partial charge in [0, 0.05) is 23.2 Å². The van der Waals surface area contributed by atoms with Crippen LogP contribution in [0.1, 0.15) is 22.3 Å². The highest BCUT2D eigenvalue weighted by Crippen LogP contribution is 2.46. The van der Waals surface area contributed by atoms with Crippen LogP contribution in [0.25, 0.3) is 60.7 Å². The number of aromatic nitrogens is 4. The normalized spacial score (nSPS) is 13.5. The Morgan fingerprint density at radius 2 is 1.43 bits per heavy atom. The molecule has 0 N–H and O–H groups in total. The van der Waals surface area contributed by atoms with Crippen molar-refractivity contribution in [1.29, 1.82) is 0 Å². The van der Waals surface area contributed by atoms with E-state index in [1.807, 2.05) is 30.7 Å². The Balaban J connectivity index is 1.37. The second-order valence-corrected chi connectivity index (χ2v) is 9.74. The minimum Gasteiger partial charge on any atom is -0.290 e. The number of rotatable bonds is 0. The van der Waals surface area contributed by atoms with Crippen molar-refractivity contribution in [3.8, 4) is 22.3 Å². The molecule has 4 heteroatoms. The first-order valence-electron chi connectivity index (χ1n) is 12.0. The molecule has 0 amide bonds. The molecule has 2 aliphatic rings. The number of fused-ring (bicyclic) bond motifs is 14. The van der Waals surface area contributed by atoms with Gasteiger partial charge in [-0.2, -0.15) is 0 Å². The molecule has 0 fully saturated rings. The van der Waals surface area contributed by atoms with Crippen molar-refractivity contribution in [2.45, 2.75) is 12.8 Å². The van der Waals surface area contributed by atoms with E-state index >= 15 is 0 Å². The summed E-state index contributed by atoms with van der Waals surface area (Å²) < 4.78 is 2.24. The lowest BCUT2D eigenvalue weighted by atomic mass is 9.97. The van der Waals surface area contributed by atoms with Crippen molar-refractivity contribution in [3.05, 3.63) is 108 Å². The van der Waals surface area contributed by atoms with Gasteiger partial charge < -0.3 is 0 Å². The molecule has 0 unspecified atom stereocenters. The van der Waals surface area contributed by atoms with E-state index in [0.29, 0.717) is 0 Å². The summed E-state index contributed by atoms with van der Waals surface area (Å²) in [5.41, 5.74) is 16.2. The van der Waals surface area contributed by atoms with Gasteiger partial charge in [-0.15, -0.1) is 0 Å². The zero-order valence-electron chi connectivity index (χ0n) is 18.8. The number of hydrogen-bond donors (Lipinski definition) is 0. The Kier molecular flexibility index (Phi) is 3.11. The Labute approximate surface area is 200 Å². The van der Waals surface area contributed by atoms with E-state index in [0.717, 1.165) is 51.3 Å². The van der Waals surface area contributed by atoms with Crippen LogP contribution >= 0.6 is 0 Å². The topological polar surface area (TPSA) is 43.1 Å². The van der Waals surface area contributed by atoms with Gasteiger partial charge in [-0.25, -0.2) is 4.98 Å². The summed E-state index contributed by atoms with van der Waals surface area (Å²) in [5.74, 6) is 0. The maximum atomic E-state index is 5.02. The van der Waals surface area contributed by atoms with E-state index < -0.39 is 0 Å². The van der Waals surface area contributed by atoms with E-state index in [2.05, 4.69) is 64.0 Å². The SMILES string of the molecule is c1ccc2c(c1)Cc1cc3c(cc1-2)Cc1cc2c(cc1-3)c1ncccc1n1c3ccncc3nc21. The summed E-state index contributed by atoms with van der Waals surface area (Å²) in [6.07, 6.45) is 7.53. The minimum absolute atomic E-state index is 0.907. The summed E-state index contributed by atoms with van der Waals surface area (Å²) >= 11 is 0. The van der Waals surface area contributed by atoms with E-state index in [9.17, 15) is 0 Å². The smallest absolute Gasteiger partial charge is 0.146 e. The van der Waals surface area contributed by atoms with Crippen LogP contribution in [-0.2, 0) is 12.8 Å². The number of pyridine rings is 3. The zero-order valence-corrected chi connectivity index (χ0v) is 18.8. The Morgan fingerprint density at radius 3 is 2.37 bits per heavy atom. The fourth-order valence-corrected chi connectivity index (χ4v) is 6.39. The second-order valence-electron chi connectivity index (χ2n) is 9.74. The van der Waals surface area contributed by atoms with Crippen LogP contribution in [0.5, 0.6) is 0 Å². The quantitative estimate of drug-likeness (QED) is 0.243. The lowest BCUT2D eigenvalue weighted by Crippen LogP contribution is -1.94. The molecule has 35 heavy (non-hydrogen) atoms. The third-order valence-electron chi connectivity index (χ3n) is 7.91.